The van der Waals surface area contributed by atoms with Gasteiger partial charge in [0.05, 0.1) is 25.8 Å². The summed E-state index contributed by atoms with van der Waals surface area (Å²) in [4.78, 5) is 12.7. The summed E-state index contributed by atoms with van der Waals surface area (Å²) in [5.74, 6) is 1.16. The van der Waals surface area contributed by atoms with Crippen molar-refractivity contribution in [2.45, 2.75) is 6.92 Å². The summed E-state index contributed by atoms with van der Waals surface area (Å²) in [5.41, 5.74) is 2.55. The molecule has 0 radical (unpaired) electrons. The van der Waals surface area contributed by atoms with Crippen molar-refractivity contribution >= 4 is 27.8 Å². The van der Waals surface area contributed by atoms with Crippen LogP contribution in [0.2, 0.25) is 0 Å². The first-order valence-electron chi connectivity index (χ1n) is 7.28. The van der Waals surface area contributed by atoms with Crippen molar-refractivity contribution in [1.29, 1.82) is 0 Å². The van der Waals surface area contributed by atoms with Crippen molar-refractivity contribution in [2.24, 2.45) is 0 Å². The van der Waals surface area contributed by atoms with Gasteiger partial charge in [0.15, 0.2) is 17.3 Å². The Hall–Kier alpha value is -2.27. The maximum atomic E-state index is 12.7. The number of benzene rings is 2. The topological polar surface area (TPSA) is 44.8 Å². The number of carbonyl (C=O) groups is 1. The normalized spacial score (nSPS) is 11.1. The van der Waals surface area contributed by atoms with Gasteiger partial charge in [-0.3, -0.25) is 4.79 Å². The molecule has 0 spiro atoms. The average Bonchev–Trinajstić information content (AvgIpc) is 2.61. The Morgan fingerprint density at radius 3 is 1.96 bits per heavy atom. The fraction of sp³-hybridized carbons (Fsp3) is 0.211. The first-order chi connectivity index (χ1) is 11.5. The van der Waals surface area contributed by atoms with Crippen LogP contribution in [0.5, 0.6) is 17.2 Å². The van der Waals surface area contributed by atoms with E-state index in [0.29, 0.717) is 27.3 Å². The highest BCUT2D eigenvalue weighted by molar-refractivity contribution is 9.12. The molecule has 0 aliphatic carbocycles. The van der Waals surface area contributed by atoms with Crippen molar-refractivity contribution < 1.29 is 19.0 Å². The standard InChI is InChI=1S/C19H19BrO4/c1-12-5-7-13(8-6-12)9-15(20)18(21)14-10-16(22-2)19(24-4)17(11-14)23-3/h5-11H,1-4H3/b15-9-. The first-order valence-corrected chi connectivity index (χ1v) is 8.08. The maximum absolute atomic E-state index is 12.7. The highest BCUT2D eigenvalue weighted by Gasteiger charge is 2.18. The number of hydrogen-bond donors (Lipinski definition) is 0. The van der Waals surface area contributed by atoms with Gasteiger partial charge >= 0.3 is 0 Å². The molecule has 0 bridgehead atoms. The van der Waals surface area contributed by atoms with E-state index in [1.807, 2.05) is 31.2 Å². The number of ether oxygens (including phenoxy) is 3. The van der Waals surface area contributed by atoms with E-state index in [9.17, 15) is 4.79 Å². The molecule has 2 aromatic rings. The molecule has 24 heavy (non-hydrogen) atoms. The van der Waals surface area contributed by atoms with Crippen molar-refractivity contribution in [3.8, 4) is 17.2 Å². The molecule has 0 N–H and O–H groups in total. The van der Waals surface area contributed by atoms with E-state index >= 15 is 0 Å². The molecule has 2 rings (SSSR count). The Bertz CT molecular complexity index is 738. The van der Waals surface area contributed by atoms with Gasteiger partial charge in [0.1, 0.15) is 0 Å². The zero-order chi connectivity index (χ0) is 17.7. The van der Waals surface area contributed by atoms with Crippen LogP contribution in [0.25, 0.3) is 6.08 Å². The van der Waals surface area contributed by atoms with Gasteiger partial charge in [-0.2, -0.15) is 0 Å². The molecular formula is C19H19BrO4. The lowest BCUT2D eigenvalue weighted by Gasteiger charge is -2.13. The highest BCUT2D eigenvalue weighted by atomic mass is 79.9. The predicted molar refractivity (Wildman–Crippen MR) is 98.5 cm³/mol. The highest BCUT2D eigenvalue weighted by Crippen LogP contribution is 2.39. The third-order valence-corrected chi connectivity index (χ3v) is 4.10. The Morgan fingerprint density at radius 2 is 1.50 bits per heavy atom. The minimum absolute atomic E-state index is 0.171. The van der Waals surface area contributed by atoms with E-state index < -0.39 is 0 Å². The van der Waals surface area contributed by atoms with Gasteiger partial charge in [-0.15, -0.1) is 0 Å². The van der Waals surface area contributed by atoms with E-state index in [-0.39, 0.29) is 5.78 Å². The fourth-order valence-electron chi connectivity index (χ4n) is 2.22. The van der Waals surface area contributed by atoms with Crippen LogP contribution in [-0.2, 0) is 0 Å². The Labute approximate surface area is 150 Å². The van der Waals surface area contributed by atoms with E-state index in [4.69, 9.17) is 14.2 Å². The number of aryl methyl sites for hydroxylation is 1. The van der Waals surface area contributed by atoms with Gasteiger partial charge < -0.3 is 14.2 Å². The van der Waals surface area contributed by atoms with E-state index in [0.717, 1.165) is 5.56 Å². The second kappa shape index (κ2) is 8.02. The number of allylic oxidation sites excluding steroid dienone is 1. The molecule has 0 saturated carbocycles. The quantitative estimate of drug-likeness (QED) is 0.532. The number of Topliss-reactive ketones (excluding diaryl/α,β-unsaturated/α-hetero) is 1. The fourth-order valence-corrected chi connectivity index (χ4v) is 2.72. The molecule has 0 aliphatic rings. The number of hydrogen-bond acceptors (Lipinski definition) is 4. The minimum Gasteiger partial charge on any atom is -0.493 e. The molecular weight excluding hydrogens is 372 g/mol. The molecule has 5 heteroatoms. The van der Waals surface area contributed by atoms with E-state index in [1.165, 1.54) is 26.9 Å². The number of carbonyl (C=O) groups excluding carboxylic acids is 1. The van der Waals surface area contributed by atoms with Gasteiger partial charge in [0.2, 0.25) is 5.75 Å². The minimum atomic E-state index is -0.171. The summed E-state index contributed by atoms with van der Waals surface area (Å²) in [6, 6.07) is 11.2. The second-order valence-electron chi connectivity index (χ2n) is 5.15. The van der Waals surface area contributed by atoms with Crippen molar-refractivity contribution in [3.05, 3.63) is 57.6 Å². The zero-order valence-corrected chi connectivity index (χ0v) is 15.6. The number of halogens is 1. The lowest BCUT2D eigenvalue weighted by molar-refractivity contribution is 0.104. The summed E-state index contributed by atoms with van der Waals surface area (Å²) in [6.45, 7) is 2.02. The van der Waals surface area contributed by atoms with Crippen LogP contribution in [0.15, 0.2) is 40.9 Å². The van der Waals surface area contributed by atoms with Crippen LogP contribution >= 0.6 is 15.9 Å². The Morgan fingerprint density at radius 1 is 0.958 bits per heavy atom. The monoisotopic (exact) mass is 390 g/mol. The first kappa shape index (κ1) is 18.1. The third kappa shape index (κ3) is 3.97. The molecule has 0 amide bonds. The molecule has 0 aliphatic heterocycles. The molecule has 0 aromatic heterocycles. The smallest absolute Gasteiger partial charge is 0.203 e. The summed E-state index contributed by atoms with van der Waals surface area (Å²) < 4.78 is 16.3. The Balaban J connectivity index is 2.39. The maximum Gasteiger partial charge on any atom is 0.203 e. The van der Waals surface area contributed by atoms with Crippen LogP contribution in [0, 0.1) is 6.92 Å². The molecule has 0 heterocycles. The van der Waals surface area contributed by atoms with Gasteiger partial charge in [0, 0.05) is 5.56 Å². The average molecular weight is 391 g/mol. The van der Waals surface area contributed by atoms with Gasteiger partial charge in [0.25, 0.3) is 0 Å². The summed E-state index contributed by atoms with van der Waals surface area (Å²) in [5, 5.41) is 0. The third-order valence-electron chi connectivity index (χ3n) is 3.51. The van der Waals surface area contributed by atoms with Crippen molar-refractivity contribution in [3.63, 3.8) is 0 Å². The molecule has 0 atom stereocenters. The molecule has 0 saturated heterocycles. The van der Waals surface area contributed by atoms with Gasteiger partial charge in [-0.25, -0.2) is 0 Å². The number of rotatable bonds is 6. The second-order valence-corrected chi connectivity index (χ2v) is 6.00. The largest absolute Gasteiger partial charge is 0.493 e. The van der Waals surface area contributed by atoms with E-state index in [2.05, 4.69) is 15.9 Å². The summed E-state index contributed by atoms with van der Waals surface area (Å²) >= 11 is 3.36. The molecule has 126 valence electrons. The molecule has 2 aromatic carbocycles. The zero-order valence-electron chi connectivity index (χ0n) is 14.1. The lowest BCUT2D eigenvalue weighted by Crippen LogP contribution is -2.02. The van der Waals surface area contributed by atoms with E-state index in [1.54, 1.807) is 18.2 Å². The van der Waals surface area contributed by atoms with Crippen LogP contribution in [0.4, 0.5) is 0 Å². The number of ketones is 1. The summed E-state index contributed by atoms with van der Waals surface area (Å²) in [6.07, 6.45) is 1.78. The SMILES string of the molecule is COc1cc(C(=O)/C(Br)=C/c2ccc(C)cc2)cc(OC)c1OC. The molecule has 0 fully saturated rings. The lowest BCUT2D eigenvalue weighted by atomic mass is 10.1. The summed E-state index contributed by atoms with van der Waals surface area (Å²) in [7, 11) is 4.56. The van der Waals surface area contributed by atoms with Crippen LogP contribution in [0.3, 0.4) is 0 Å². The van der Waals surface area contributed by atoms with Crippen molar-refractivity contribution in [1.82, 2.24) is 0 Å². The molecule has 0 unspecified atom stereocenters. The van der Waals surface area contributed by atoms with Crippen LogP contribution in [-0.4, -0.2) is 27.1 Å². The van der Waals surface area contributed by atoms with Crippen LogP contribution < -0.4 is 14.2 Å². The Kier molecular flexibility index (Phi) is 6.04. The van der Waals surface area contributed by atoms with Crippen molar-refractivity contribution in [2.75, 3.05) is 21.3 Å². The van der Waals surface area contributed by atoms with Gasteiger partial charge in [-0.1, -0.05) is 29.8 Å². The van der Waals surface area contributed by atoms with Gasteiger partial charge in [-0.05, 0) is 46.6 Å². The van der Waals surface area contributed by atoms with Crippen LogP contribution in [0.1, 0.15) is 21.5 Å². The number of methoxy groups -OCH3 is 3. The predicted octanol–water partition coefficient (Wildman–Crippen LogP) is 4.64. The molecule has 4 nitrogen and oxygen atoms in total.